The minimum atomic E-state index is -1.41. The van der Waals surface area contributed by atoms with Crippen molar-refractivity contribution < 1.29 is 24.6 Å². The van der Waals surface area contributed by atoms with E-state index >= 15 is 0 Å². The molecule has 1 fully saturated rings. The van der Waals surface area contributed by atoms with Crippen molar-refractivity contribution in [3.05, 3.63) is 0 Å². The summed E-state index contributed by atoms with van der Waals surface area (Å²) < 4.78 is 0. The highest BCUT2D eigenvalue weighted by Gasteiger charge is 2.38. The van der Waals surface area contributed by atoms with E-state index in [0.29, 0.717) is 32.4 Å². The molecule has 0 aromatic heterocycles. The number of carboxylic acids is 1. The fourth-order valence-electron chi connectivity index (χ4n) is 2.79. The number of aliphatic hydroxyl groups is 1. The topological polar surface area (TPSA) is 159 Å². The zero-order valence-electron chi connectivity index (χ0n) is 14.0. The van der Waals surface area contributed by atoms with Crippen LogP contribution in [0.1, 0.15) is 39.0 Å². The van der Waals surface area contributed by atoms with Gasteiger partial charge in [-0.15, -0.1) is 0 Å². The van der Waals surface area contributed by atoms with Gasteiger partial charge >= 0.3 is 5.97 Å². The highest BCUT2D eigenvalue weighted by Crippen LogP contribution is 2.19. The van der Waals surface area contributed by atoms with Gasteiger partial charge in [0.1, 0.15) is 6.04 Å². The fourth-order valence-corrected chi connectivity index (χ4v) is 2.79. The van der Waals surface area contributed by atoms with E-state index in [1.807, 2.05) is 0 Å². The molecule has 0 bridgehead atoms. The minimum absolute atomic E-state index is 0.311. The predicted octanol–water partition coefficient (Wildman–Crippen LogP) is -1.62. The second kappa shape index (κ2) is 9.55. The Bertz CT molecular complexity index is 457. The first-order valence-corrected chi connectivity index (χ1v) is 8.27. The zero-order chi connectivity index (χ0) is 18.3. The number of aliphatic hydroxyl groups excluding tert-OH is 1. The van der Waals surface area contributed by atoms with Crippen molar-refractivity contribution >= 4 is 17.8 Å². The van der Waals surface area contributed by atoms with E-state index in [1.165, 1.54) is 11.8 Å². The van der Waals surface area contributed by atoms with Gasteiger partial charge in [0.05, 0.1) is 12.1 Å². The van der Waals surface area contributed by atoms with E-state index in [4.69, 9.17) is 16.6 Å². The Morgan fingerprint density at radius 3 is 2.54 bits per heavy atom. The molecule has 1 rings (SSSR count). The van der Waals surface area contributed by atoms with Crippen molar-refractivity contribution in [2.24, 2.45) is 11.5 Å². The Balaban J connectivity index is 2.68. The van der Waals surface area contributed by atoms with Crippen molar-refractivity contribution in [3.8, 4) is 0 Å². The van der Waals surface area contributed by atoms with Crippen LogP contribution in [0.5, 0.6) is 0 Å². The maximum absolute atomic E-state index is 12.4. The van der Waals surface area contributed by atoms with Crippen molar-refractivity contribution in [1.82, 2.24) is 10.2 Å². The molecule has 9 nitrogen and oxygen atoms in total. The molecule has 0 radical (unpaired) electrons. The third-order valence-corrected chi connectivity index (χ3v) is 4.17. The third kappa shape index (κ3) is 5.43. The number of rotatable bonds is 9. The summed E-state index contributed by atoms with van der Waals surface area (Å²) in [5, 5.41) is 20.8. The molecule has 0 aromatic rings. The van der Waals surface area contributed by atoms with Crippen molar-refractivity contribution in [2.45, 2.75) is 63.3 Å². The first kappa shape index (κ1) is 20.3. The second-order valence-electron chi connectivity index (χ2n) is 6.15. The van der Waals surface area contributed by atoms with Gasteiger partial charge in [-0.05, 0) is 39.2 Å². The number of amides is 2. The predicted molar refractivity (Wildman–Crippen MR) is 86.9 cm³/mol. The standard InChI is InChI=1S/C15H28N4O5/c1-9(20)12(15(23)24)18-13(21)11-6-4-8-19(11)14(22)10(17)5-2-3-7-16/h9-12,20H,2-8,16-17H2,1H3,(H,18,21)(H,23,24)/t9-,10+,11-,12+/m1/s1. The van der Waals surface area contributed by atoms with Crippen LogP contribution in [0.4, 0.5) is 0 Å². The Hall–Kier alpha value is -1.71. The van der Waals surface area contributed by atoms with Crippen LogP contribution in [0, 0.1) is 0 Å². The van der Waals surface area contributed by atoms with Gasteiger partial charge in [0.25, 0.3) is 0 Å². The van der Waals surface area contributed by atoms with Gasteiger partial charge in [0.2, 0.25) is 11.8 Å². The number of aliphatic carboxylic acids is 1. The average Bonchev–Trinajstić information content (AvgIpc) is 3.00. The molecule has 1 heterocycles. The molecule has 9 heteroatoms. The largest absolute Gasteiger partial charge is 0.480 e. The number of hydrogen-bond acceptors (Lipinski definition) is 6. The lowest BCUT2D eigenvalue weighted by atomic mass is 10.1. The Kier molecular flexibility index (Phi) is 8.09. The smallest absolute Gasteiger partial charge is 0.328 e. The molecule has 0 unspecified atom stereocenters. The van der Waals surface area contributed by atoms with E-state index in [-0.39, 0.29) is 5.91 Å². The molecule has 2 amide bonds. The van der Waals surface area contributed by atoms with Crippen LogP contribution in [0.3, 0.4) is 0 Å². The molecule has 138 valence electrons. The Morgan fingerprint density at radius 2 is 2.00 bits per heavy atom. The minimum Gasteiger partial charge on any atom is -0.480 e. The van der Waals surface area contributed by atoms with Crippen molar-refractivity contribution in [2.75, 3.05) is 13.1 Å². The first-order valence-electron chi connectivity index (χ1n) is 8.27. The van der Waals surface area contributed by atoms with Gasteiger partial charge in [-0.3, -0.25) is 9.59 Å². The monoisotopic (exact) mass is 344 g/mol. The summed E-state index contributed by atoms with van der Waals surface area (Å²) in [6, 6.07) is -2.86. The molecule has 0 spiro atoms. The van der Waals surface area contributed by atoms with Crippen LogP contribution >= 0.6 is 0 Å². The Morgan fingerprint density at radius 1 is 1.33 bits per heavy atom. The average molecular weight is 344 g/mol. The number of carbonyl (C=O) groups excluding carboxylic acids is 2. The summed E-state index contributed by atoms with van der Waals surface area (Å²) in [7, 11) is 0. The summed E-state index contributed by atoms with van der Waals surface area (Å²) in [5.41, 5.74) is 11.3. The number of hydrogen-bond donors (Lipinski definition) is 5. The van der Waals surface area contributed by atoms with Crippen molar-refractivity contribution in [3.63, 3.8) is 0 Å². The van der Waals surface area contributed by atoms with Gasteiger partial charge in [-0.25, -0.2) is 4.79 Å². The first-order chi connectivity index (χ1) is 11.3. The van der Waals surface area contributed by atoms with Gasteiger partial charge in [-0.1, -0.05) is 6.42 Å². The SMILES string of the molecule is C[C@@H](O)[C@H](NC(=O)[C@H]1CCCN1C(=O)[C@@H](N)CCCCN)C(=O)O. The summed E-state index contributed by atoms with van der Waals surface area (Å²) >= 11 is 0. The quantitative estimate of drug-likeness (QED) is 0.314. The molecular weight excluding hydrogens is 316 g/mol. The van der Waals surface area contributed by atoms with Gasteiger partial charge in [-0.2, -0.15) is 0 Å². The highest BCUT2D eigenvalue weighted by atomic mass is 16.4. The molecule has 24 heavy (non-hydrogen) atoms. The molecule has 1 aliphatic rings. The lowest BCUT2D eigenvalue weighted by Crippen LogP contribution is -2.56. The van der Waals surface area contributed by atoms with Crippen molar-refractivity contribution in [1.29, 1.82) is 0 Å². The number of likely N-dealkylation sites (tertiary alicyclic amines) is 1. The number of nitrogens with two attached hydrogens (primary N) is 2. The highest BCUT2D eigenvalue weighted by molar-refractivity contribution is 5.92. The molecule has 0 aliphatic carbocycles. The normalized spacial score (nSPS) is 21.2. The summed E-state index contributed by atoms with van der Waals surface area (Å²) in [6.07, 6.45) is 1.85. The van der Waals surface area contributed by atoms with E-state index in [0.717, 1.165) is 12.8 Å². The molecule has 0 saturated carbocycles. The van der Waals surface area contributed by atoms with Crippen LogP contribution in [0.15, 0.2) is 0 Å². The number of unbranched alkanes of at least 4 members (excludes halogenated alkanes) is 1. The second-order valence-corrected chi connectivity index (χ2v) is 6.15. The van der Waals surface area contributed by atoms with Crippen LogP contribution in [-0.2, 0) is 14.4 Å². The maximum Gasteiger partial charge on any atom is 0.328 e. The lowest BCUT2D eigenvalue weighted by molar-refractivity contribution is -0.146. The third-order valence-electron chi connectivity index (χ3n) is 4.17. The van der Waals surface area contributed by atoms with Crippen LogP contribution in [0.25, 0.3) is 0 Å². The number of carboxylic acid groups (broad SMARTS) is 1. The summed E-state index contributed by atoms with van der Waals surface area (Å²) in [4.78, 5) is 37.2. The molecule has 4 atom stereocenters. The molecule has 1 aliphatic heterocycles. The van der Waals surface area contributed by atoms with Gasteiger partial charge < -0.3 is 31.9 Å². The summed E-state index contributed by atoms with van der Waals surface area (Å²) in [6.45, 7) is 2.23. The molecule has 7 N–H and O–H groups in total. The number of nitrogens with zero attached hydrogens (tertiary/aromatic N) is 1. The molecule has 0 aromatic carbocycles. The summed E-state index contributed by atoms with van der Waals surface area (Å²) in [5.74, 6) is -2.22. The van der Waals surface area contributed by atoms with Crippen LogP contribution < -0.4 is 16.8 Å². The maximum atomic E-state index is 12.4. The van der Waals surface area contributed by atoms with E-state index < -0.39 is 36.1 Å². The van der Waals surface area contributed by atoms with Crippen LogP contribution in [0.2, 0.25) is 0 Å². The lowest BCUT2D eigenvalue weighted by Gasteiger charge is -2.28. The van der Waals surface area contributed by atoms with Gasteiger partial charge in [0, 0.05) is 6.54 Å². The van der Waals surface area contributed by atoms with Gasteiger partial charge in [0.15, 0.2) is 6.04 Å². The molecular formula is C15H28N4O5. The molecule has 1 saturated heterocycles. The van der Waals surface area contributed by atoms with E-state index in [1.54, 1.807) is 0 Å². The number of carbonyl (C=O) groups is 3. The van der Waals surface area contributed by atoms with Crippen LogP contribution in [-0.4, -0.2) is 70.2 Å². The zero-order valence-corrected chi connectivity index (χ0v) is 14.0. The Labute approximate surface area is 141 Å². The van der Waals surface area contributed by atoms with E-state index in [2.05, 4.69) is 5.32 Å². The van der Waals surface area contributed by atoms with E-state index in [9.17, 15) is 19.5 Å². The number of nitrogens with one attached hydrogen (secondary N) is 1. The fraction of sp³-hybridized carbons (Fsp3) is 0.800.